The number of nitrogens with zero attached hydrogens (tertiary/aromatic N) is 3. The standard InChI is InChI=1S/C12H17N3O5/c1-14-10(16)3-2-9(13-14)12(19)15-4-5-20-8(7-15)6-11(17)18/h8H,2-7H2,1H3,(H,17,18). The quantitative estimate of drug-likeness (QED) is 0.738. The van der Waals surface area contributed by atoms with Gasteiger partial charge >= 0.3 is 5.97 Å². The fraction of sp³-hybridized carbons (Fsp3) is 0.667. The number of rotatable bonds is 3. The van der Waals surface area contributed by atoms with Gasteiger partial charge in [-0.25, -0.2) is 5.01 Å². The largest absolute Gasteiger partial charge is 0.481 e. The van der Waals surface area contributed by atoms with E-state index in [4.69, 9.17) is 9.84 Å². The van der Waals surface area contributed by atoms with Crippen LogP contribution in [0, 0.1) is 0 Å². The summed E-state index contributed by atoms with van der Waals surface area (Å²) in [6.45, 7) is 0.958. The van der Waals surface area contributed by atoms with Gasteiger partial charge in [-0.05, 0) is 0 Å². The molecule has 8 nitrogen and oxygen atoms in total. The molecule has 1 saturated heterocycles. The summed E-state index contributed by atoms with van der Waals surface area (Å²) < 4.78 is 5.32. The third kappa shape index (κ3) is 3.32. The van der Waals surface area contributed by atoms with Gasteiger partial charge in [0.05, 0.1) is 19.1 Å². The Morgan fingerprint density at radius 3 is 2.85 bits per heavy atom. The highest BCUT2D eigenvalue weighted by atomic mass is 16.5. The van der Waals surface area contributed by atoms with Crippen molar-refractivity contribution < 1.29 is 24.2 Å². The van der Waals surface area contributed by atoms with Crippen molar-refractivity contribution in [1.29, 1.82) is 0 Å². The number of carboxylic acids is 1. The van der Waals surface area contributed by atoms with Crippen molar-refractivity contribution in [2.24, 2.45) is 5.10 Å². The topological polar surface area (TPSA) is 99.5 Å². The Balaban J connectivity index is 2.00. The molecule has 0 aromatic rings. The molecule has 2 aliphatic rings. The summed E-state index contributed by atoms with van der Waals surface area (Å²) in [5.41, 5.74) is 0.336. The molecule has 110 valence electrons. The van der Waals surface area contributed by atoms with Crippen molar-refractivity contribution in [3.8, 4) is 0 Å². The molecule has 1 atom stereocenters. The van der Waals surface area contributed by atoms with Crippen molar-refractivity contribution in [2.75, 3.05) is 26.7 Å². The van der Waals surface area contributed by atoms with E-state index in [1.807, 2.05) is 0 Å². The number of carboxylic acid groups (broad SMARTS) is 1. The zero-order valence-electron chi connectivity index (χ0n) is 11.2. The lowest BCUT2D eigenvalue weighted by atomic mass is 10.1. The molecule has 2 amide bonds. The van der Waals surface area contributed by atoms with E-state index < -0.39 is 12.1 Å². The number of amides is 2. The van der Waals surface area contributed by atoms with Crippen LogP contribution >= 0.6 is 0 Å². The summed E-state index contributed by atoms with van der Waals surface area (Å²) in [5, 5.41) is 13.9. The molecule has 0 spiro atoms. The first-order valence-corrected chi connectivity index (χ1v) is 6.44. The molecule has 2 aliphatic heterocycles. The van der Waals surface area contributed by atoms with Crippen molar-refractivity contribution in [2.45, 2.75) is 25.4 Å². The lowest BCUT2D eigenvalue weighted by molar-refractivity contribution is -0.145. The van der Waals surface area contributed by atoms with E-state index in [1.54, 1.807) is 4.90 Å². The number of ether oxygens (including phenoxy) is 1. The van der Waals surface area contributed by atoms with Crippen molar-refractivity contribution >= 4 is 23.5 Å². The zero-order valence-corrected chi connectivity index (χ0v) is 11.2. The predicted octanol–water partition coefficient (Wildman–Crippen LogP) is -0.703. The summed E-state index contributed by atoms with van der Waals surface area (Å²) in [5.74, 6) is -1.32. The van der Waals surface area contributed by atoms with Gasteiger partial charge in [-0.3, -0.25) is 14.4 Å². The van der Waals surface area contributed by atoms with E-state index in [2.05, 4.69) is 5.10 Å². The molecule has 2 heterocycles. The van der Waals surface area contributed by atoms with Gasteiger partial charge in [0.2, 0.25) is 5.91 Å². The van der Waals surface area contributed by atoms with Gasteiger partial charge in [0.25, 0.3) is 5.91 Å². The van der Waals surface area contributed by atoms with Gasteiger partial charge in [-0.1, -0.05) is 0 Å². The lowest BCUT2D eigenvalue weighted by Gasteiger charge is -2.33. The normalized spacial score (nSPS) is 23.6. The Hall–Kier alpha value is -1.96. The molecule has 2 rings (SSSR count). The molecule has 1 N–H and O–H groups in total. The minimum atomic E-state index is -0.954. The molecule has 0 aliphatic carbocycles. The number of morpholine rings is 1. The average Bonchev–Trinajstić information content (AvgIpc) is 2.40. The van der Waals surface area contributed by atoms with Gasteiger partial charge in [0, 0.05) is 33.0 Å². The molecule has 0 aromatic heterocycles. The molecule has 0 radical (unpaired) electrons. The van der Waals surface area contributed by atoms with Crippen LogP contribution < -0.4 is 0 Å². The number of hydrazone groups is 1. The average molecular weight is 283 g/mol. The first-order valence-electron chi connectivity index (χ1n) is 6.44. The predicted molar refractivity (Wildman–Crippen MR) is 68.0 cm³/mol. The molecule has 1 unspecified atom stereocenters. The highest BCUT2D eigenvalue weighted by Crippen LogP contribution is 2.13. The summed E-state index contributed by atoms with van der Waals surface area (Å²) in [6, 6.07) is 0. The first kappa shape index (κ1) is 14.4. The molecule has 8 heteroatoms. The van der Waals surface area contributed by atoms with Crippen molar-refractivity contribution in [1.82, 2.24) is 9.91 Å². The minimum absolute atomic E-state index is 0.118. The van der Waals surface area contributed by atoms with E-state index in [0.29, 0.717) is 25.3 Å². The molecular formula is C12H17N3O5. The Bertz CT molecular complexity index is 462. The second-order valence-corrected chi connectivity index (χ2v) is 4.81. The number of hydrogen-bond donors (Lipinski definition) is 1. The van der Waals surface area contributed by atoms with Crippen molar-refractivity contribution in [3.05, 3.63) is 0 Å². The van der Waals surface area contributed by atoms with Gasteiger partial charge < -0.3 is 14.7 Å². The van der Waals surface area contributed by atoms with Crippen LogP contribution in [0.4, 0.5) is 0 Å². The van der Waals surface area contributed by atoms with Crippen LogP contribution in [0.15, 0.2) is 5.10 Å². The Kier molecular flexibility index (Phi) is 4.33. The highest BCUT2D eigenvalue weighted by molar-refractivity contribution is 6.39. The molecule has 0 bridgehead atoms. The third-order valence-electron chi connectivity index (χ3n) is 3.28. The maximum absolute atomic E-state index is 12.3. The molecule has 1 fully saturated rings. The number of hydrogen-bond acceptors (Lipinski definition) is 5. The highest BCUT2D eigenvalue weighted by Gasteiger charge is 2.30. The lowest BCUT2D eigenvalue weighted by Crippen LogP contribution is -2.49. The molecule has 0 saturated carbocycles. The maximum Gasteiger partial charge on any atom is 0.306 e. The fourth-order valence-electron chi connectivity index (χ4n) is 2.23. The van der Waals surface area contributed by atoms with E-state index in [9.17, 15) is 14.4 Å². The van der Waals surface area contributed by atoms with Crippen LogP contribution in [-0.2, 0) is 19.1 Å². The number of aliphatic carboxylic acids is 1. The van der Waals surface area contributed by atoms with Crippen LogP contribution in [0.2, 0.25) is 0 Å². The SMILES string of the molecule is CN1N=C(C(=O)N2CCOC(CC(=O)O)C2)CCC1=O. The van der Waals surface area contributed by atoms with E-state index in [-0.39, 0.29) is 31.2 Å². The Labute approximate surface area is 116 Å². The van der Waals surface area contributed by atoms with Crippen LogP contribution in [-0.4, -0.2) is 71.4 Å². The second kappa shape index (κ2) is 6.00. The molecular weight excluding hydrogens is 266 g/mol. The summed E-state index contributed by atoms with van der Waals surface area (Å²) >= 11 is 0. The smallest absolute Gasteiger partial charge is 0.306 e. The molecule has 0 aromatic carbocycles. The summed E-state index contributed by atoms with van der Waals surface area (Å²) in [4.78, 5) is 35.8. The van der Waals surface area contributed by atoms with Crippen LogP contribution in [0.5, 0.6) is 0 Å². The fourth-order valence-corrected chi connectivity index (χ4v) is 2.23. The molecule has 20 heavy (non-hydrogen) atoms. The van der Waals surface area contributed by atoms with Gasteiger partial charge in [0.1, 0.15) is 5.71 Å². The maximum atomic E-state index is 12.3. The van der Waals surface area contributed by atoms with Gasteiger partial charge in [-0.2, -0.15) is 5.10 Å². The number of carbonyl (C=O) groups is 3. The van der Waals surface area contributed by atoms with E-state index in [0.717, 1.165) is 0 Å². The van der Waals surface area contributed by atoms with E-state index >= 15 is 0 Å². The second-order valence-electron chi connectivity index (χ2n) is 4.81. The van der Waals surface area contributed by atoms with Crippen LogP contribution in [0.3, 0.4) is 0 Å². The van der Waals surface area contributed by atoms with Gasteiger partial charge in [-0.15, -0.1) is 0 Å². The van der Waals surface area contributed by atoms with Crippen LogP contribution in [0.25, 0.3) is 0 Å². The Morgan fingerprint density at radius 2 is 2.20 bits per heavy atom. The van der Waals surface area contributed by atoms with Crippen molar-refractivity contribution in [3.63, 3.8) is 0 Å². The van der Waals surface area contributed by atoms with Gasteiger partial charge in [0.15, 0.2) is 0 Å². The third-order valence-corrected chi connectivity index (χ3v) is 3.28. The summed E-state index contributed by atoms with van der Waals surface area (Å²) in [6.07, 6.45) is -0.0320. The Morgan fingerprint density at radius 1 is 1.45 bits per heavy atom. The van der Waals surface area contributed by atoms with Crippen LogP contribution in [0.1, 0.15) is 19.3 Å². The first-order chi connectivity index (χ1) is 9.47. The van der Waals surface area contributed by atoms with E-state index in [1.165, 1.54) is 12.1 Å². The minimum Gasteiger partial charge on any atom is -0.481 e. The summed E-state index contributed by atoms with van der Waals surface area (Å²) in [7, 11) is 1.52. The number of carbonyl (C=O) groups excluding carboxylic acids is 2. The zero-order chi connectivity index (χ0) is 14.7. The monoisotopic (exact) mass is 283 g/mol.